The molecule has 0 radical (unpaired) electrons. The van der Waals surface area contributed by atoms with E-state index in [2.05, 4.69) is 0 Å². The SMILES string of the molecule is FC(F)(F)Sc1ccc(Cl)cc1C(F)(F)F. The minimum Gasteiger partial charge on any atom is -0.166 e. The molecule has 0 saturated carbocycles. The van der Waals surface area contributed by atoms with Crippen molar-refractivity contribution in [2.75, 3.05) is 0 Å². The van der Waals surface area contributed by atoms with Crippen molar-refractivity contribution in [3.8, 4) is 0 Å². The zero-order valence-corrected chi connectivity index (χ0v) is 8.86. The summed E-state index contributed by atoms with van der Waals surface area (Å²) in [4.78, 5) is -0.913. The van der Waals surface area contributed by atoms with Gasteiger partial charge >= 0.3 is 11.7 Å². The van der Waals surface area contributed by atoms with Gasteiger partial charge in [0.1, 0.15) is 0 Å². The molecule has 0 aromatic heterocycles. The molecule has 0 spiro atoms. The van der Waals surface area contributed by atoms with E-state index in [4.69, 9.17) is 11.6 Å². The average Bonchev–Trinajstić information content (AvgIpc) is 2.04. The summed E-state index contributed by atoms with van der Waals surface area (Å²) in [5.41, 5.74) is -6.16. The lowest BCUT2D eigenvalue weighted by Crippen LogP contribution is -2.09. The van der Waals surface area contributed by atoms with Crippen LogP contribution in [0.1, 0.15) is 5.56 Å². The van der Waals surface area contributed by atoms with Crippen molar-refractivity contribution in [2.45, 2.75) is 16.6 Å². The van der Waals surface area contributed by atoms with Crippen LogP contribution in [0.3, 0.4) is 0 Å². The fraction of sp³-hybridized carbons (Fsp3) is 0.250. The van der Waals surface area contributed by atoms with Crippen LogP contribution in [0.15, 0.2) is 23.1 Å². The first kappa shape index (κ1) is 13.5. The lowest BCUT2D eigenvalue weighted by Gasteiger charge is -2.13. The topological polar surface area (TPSA) is 0 Å². The number of halogens is 7. The maximum atomic E-state index is 12.4. The van der Waals surface area contributed by atoms with E-state index in [1.807, 2.05) is 0 Å². The van der Waals surface area contributed by atoms with Crippen molar-refractivity contribution in [2.24, 2.45) is 0 Å². The largest absolute Gasteiger partial charge is 0.446 e. The van der Waals surface area contributed by atoms with Crippen LogP contribution in [0.2, 0.25) is 5.02 Å². The Balaban J connectivity index is 3.19. The van der Waals surface area contributed by atoms with Crippen LogP contribution < -0.4 is 0 Å². The fourth-order valence-electron chi connectivity index (χ4n) is 0.937. The Labute approximate surface area is 95.6 Å². The Kier molecular flexibility index (Phi) is 3.69. The van der Waals surface area contributed by atoms with Gasteiger partial charge < -0.3 is 0 Å². The first-order chi connectivity index (χ1) is 7.09. The van der Waals surface area contributed by atoms with Crippen molar-refractivity contribution >= 4 is 23.4 Å². The third-order valence-electron chi connectivity index (χ3n) is 1.47. The predicted molar refractivity (Wildman–Crippen MR) is 48.4 cm³/mol. The lowest BCUT2D eigenvalue weighted by molar-refractivity contribution is -0.139. The summed E-state index contributed by atoms with van der Waals surface area (Å²) in [7, 11) is 0. The molecule has 0 nitrogen and oxygen atoms in total. The van der Waals surface area contributed by atoms with Gasteiger partial charge in [0.15, 0.2) is 0 Å². The Morgan fingerprint density at radius 1 is 1.00 bits per heavy atom. The van der Waals surface area contributed by atoms with E-state index in [1.54, 1.807) is 0 Å². The minimum absolute atomic E-state index is 0.265. The third kappa shape index (κ3) is 3.79. The zero-order chi connectivity index (χ0) is 12.6. The maximum absolute atomic E-state index is 12.4. The van der Waals surface area contributed by atoms with Crippen molar-refractivity contribution in [1.29, 1.82) is 0 Å². The molecule has 0 unspecified atom stereocenters. The summed E-state index contributed by atoms with van der Waals surface area (Å²) in [6, 6.07) is 2.14. The molecule has 0 N–H and O–H groups in total. The highest BCUT2D eigenvalue weighted by Gasteiger charge is 2.38. The smallest absolute Gasteiger partial charge is 0.166 e. The van der Waals surface area contributed by atoms with Crippen molar-refractivity contribution in [1.82, 2.24) is 0 Å². The molecule has 0 aliphatic heterocycles. The zero-order valence-electron chi connectivity index (χ0n) is 7.29. The summed E-state index contributed by atoms with van der Waals surface area (Å²) in [5, 5.41) is -0.265. The molecule has 0 heterocycles. The fourth-order valence-corrected chi connectivity index (χ4v) is 1.78. The second-order valence-corrected chi connectivity index (χ2v) is 4.23. The summed E-state index contributed by atoms with van der Waals surface area (Å²) in [6.07, 6.45) is -4.86. The molecular weight excluding hydrogens is 278 g/mol. The molecule has 16 heavy (non-hydrogen) atoms. The number of hydrogen-bond acceptors (Lipinski definition) is 1. The summed E-state index contributed by atoms with van der Waals surface area (Å²) in [6.45, 7) is 0. The molecule has 0 atom stereocenters. The Bertz CT molecular complexity index is 383. The van der Waals surface area contributed by atoms with Crippen molar-refractivity contribution < 1.29 is 26.3 Å². The lowest BCUT2D eigenvalue weighted by atomic mass is 10.2. The number of alkyl halides is 6. The highest BCUT2D eigenvalue weighted by molar-refractivity contribution is 8.00. The van der Waals surface area contributed by atoms with Gasteiger partial charge in [-0.2, -0.15) is 26.3 Å². The standard InChI is InChI=1S/C8H3ClF6S/c9-4-1-2-6(16-8(13,14)15)5(3-4)7(10,11)12/h1-3H. The maximum Gasteiger partial charge on any atom is 0.446 e. The van der Waals surface area contributed by atoms with Gasteiger partial charge in [0.05, 0.1) is 5.56 Å². The van der Waals surface area contributed by atoms with Gasteiger partial charge in [0.25, 0.3) is 0 Å². The summed E-state index contributed by atoms with van der Waals surface area (Å²) >= 11 is 4.49. The summed E-state index contributed by atoms with van der Waals surface area (Å²) in [5.74, 6) is 0. The summed E-state index contributed by atoms with van der Waals surface area (Å²) < 4.78 is 73.0. The van der Waals surface area contributed by atoms with E-state index in [1.165, 1.54) is 0 Å². The van der Waals surface area contributed by atoms with Gasteiger partial charge in [-0.1, -0.05) is 11.6 Å². The quantitative estimate of drug-likeness (QED) is 0.517. The highest BCUT2D eigenvalue weighted by Crippen LogP contribution is 2.44. The number of benzene rings is 1. The molecule has 1 rings (SSSR count). The van der Waals surface area contributed by atoms with E-state index < -0.39 is 33.9 Å². The van der Waals surface area contributed by atoms with Crippen LogP contribution in [0.25, 0.3) is 0 Å². The molecule has 0 aliphatic carbocycles. The average molecular weight is 281 g/mol. The van der Waals surface area contributed by atoms with Crippen LogP contribution in [-0.4, -0.2) is 5.51 Å². The number of rotatable bonds is 1. The third-order valence-corrected chi connectivity index (χ3v) is 2.52. The van der Waals surface area contributed by atoms with Gasteiger partial charge in [0.2, 0.25) is 0 Å². The molecule has 1 aromatic carbocycles. The molecule has 90 valence electrons. The van der Waals surface area contributed by atoms with Crippen LogP contribution in [-0.2, 0) is 6.18 Å². The number of thioether (sulfide) groups is 1. The van der Waals surface area contributed by atoms with Crippen LogP contribution >= 0.6 is 23.4 Å². The van der Waals surface area contributed by atoms with Gasteiger partial charge in [-0.05, 0) is 30.0 Å². The molecular formula is C8H3ClF6S. The normalized spacial score (nSPS) is 12.9. The van der Waals surface area contributed by atoms with E-state index in [-0.39, 0.29) is 5.02 Å². The molecule has 0 saturated heterocycles. The molecule has 0 amide bonds. The van der Waals surface area contributed by atoms with Gasteiger partial charge in [-0.15, -0.1) is 0 Å². The van der Waals surface area contributed by atoms with Crippen LogP contribution in [0, 0.1) is 0 Å². The minimum atomic E-state index is -4.86. The number of hydrogen-bond donors (Lipinski definition) is 0. The Morgan fingerprint density at radius 3 is 2.00 bits per heavy atom. The second-order valence-electron chi connectivity index (χ2n) is 2.69. The van der Waals surface area contributed by atoms with Gasteiger partial charge in [-0.3, -0.25) is 0 Å². The molecule has 0 aliphatic rings. The molecule has 8 heteroatoms. The highest BCUT2D eigenvalue weighted by atomic mass is 35.5. The van der Waals surface area contributed by atoms with E-state index in [0.717, 1.165) is 6.07 Å². The van der Waals surface area contributed by atoms with Gasteiger partial charge in [0, 0.05) is 9.92 Å². The van der Waals surface area contributed by atoms with E-state index in [9.17, 15) is 26.3 Å². The van der Waals surface area contributed by atoms with Crippen molar-refractivity contribution in [3.05, 3.63) is 28.8 Å². The molecule has 0 fully saturated rings. The van der Waals surface area contributed by atoms with Crippen LogP contribution in [0.4, 0.5) is 26.3 Å². The van der Waals surface area contributed by atoms with Crippen molar-refractivity contribution in [3.63, 3.8) is 0 Å². The van der Waals surface area contributed by atoms with Gasteiger partial charge in [-0.25, -0.2) is 0 Å². The first-order valence-corrected chi connectivity index (χ1v) is 4.91. The Morgan fingerprint density at radius 2 is 1.56 bits per heavy atom. The van der Waals surface area contributed by atoms with E-state index >= 15 is 0 Å². The monoisotopic (exact) mass is 280 g/mol. The van der Waals surface area contributed by atoms with Crippen LogP contribution in [0.5, 0.6) is 0 Å². The molecule has 1 aromatic rings. The second kappa shape index (κ2) is 4.37. The molecule has 0 bridgehead atoms. The first-order valence-electron chi connectivity index (χ1n) is 3.72. The Hall–Kier alpha value is -0.560. The van der Waals surface area contributed by atoms with E-state index in [0.29, 0.717) is 12.1 Å². The predicted octanol–water partition coefficient (Wildman–Crippen LogP) is 4.97.